The van der Waals surface area contributed by atoms with Crippen molar-refractivity contribution >= 4 is 29.1 Å². The van der Waals surface area contributed by atoms with Crippen LogP contribution in [0, 0.1) is 0 Å². The third-order valence-electron chi connectivity index (χ3n) is 4.58. The number of benzene rings is 2. The predicted octanol–water partition coefficient (Wildman–Crippen LogP) is 3.38. The minimum atomic E-state index is -0.208. The molecule has 2 aromatic carbocycles. The van der Waals surface area contributed by atoms with E-state index in [-0.39, 0.29) is 30.6 Å². The number of hydrogen-bond donors (Lipinski definition) is 2. The normalized spacial score (nSPS) is 13.4. The fourth-order valence-electron chi connectivity index (χ4n) is 2.96. The average molecular weight is 365 g/mol. The number of aryl methyl sites for hydroxylation is 1. The van der Waals surface area contributed by atoms with Gasteiger partial charge in [-0.25, -0.2) is 4.79 Å². The molecule has 6 heteroatoms. The van der Waals surface area contributed by atoms with E-state index in [9.17, 15) is 14.4 Å². The van der Waals surface area contributed by atoms with Crippen molar-refractivity contribution in [1.82, 2.24) is 5.32 Å². The highest BCUT2D eigenvalue weighted by molar-refractivity contribution is 6.00. The molecular weight excluding hydrogens is 342 g/mol. The van der Waals surface area contributed by atoms with Crippen LogP contribution >= 0.6 is 0 Å². The first kappa shape index (κ1) is 18.6. The Morgan fingerprint density at radius 3 is 2.33 bits per heavy atom. The van der Waals surface area contributed by atoms with Gasteiger partial charge in [0, 0.05) is 42.9 Å². The molecule has 1 fully saturated rings. The first-order chi connectivity index (χ1) is 13.1. The Morgan fingerprint density at radius 2 is 1.74 bits per heavy atom. The smallest absolute Gasteiger partial charge is 0.321 e. The van der Waals surface area contributed by atoms with Crippen molar-refractivity contribution in [3.63, 3.8) is 0 Å². The maximum Gasteiger partial charge on any atom is 0.321 e. The molecule has 6 nitrogen and oxygen atoms in total. The summed E-state index contributed by atoms with van der Waals surface area (Å²) < 4.78 is 0. The van der Waals surface area contributed by atoms with Crippen LogP contribution in [0.3, 0.4) is 0 Å². The summed E-state index contributed by atoms with van der Waals surface area (Å²) in [6.45, 7) is 3.33. The van der Waals surface area contributed by atoms with Crippen molar-refractivity contribution < 1.29 is 14.4 Å². The Hall–Kier alpha value is -3.15. The van der Waals surface area contributed by atoms with E-state index in [2.05, 4.69) is 17.6 Å². The van der Waals surface area contributed by atoms with Crippen molar-refractivity contribution in [2.75, 3.05) is 23.3 Å². The highest BCUT2D eigenvalue weighted by atomic mass is 16.2. The zero-order valence-electron chi connectivity index (χ0n) is 15.3. The van der Waals surface area contributed by atoms with Crippen molar-refractivity contribution in [2.24, 2.45) is 0 Å². The highest BCUT2D eigenvalue weighted by Crippen LogP contribution is 2.20. The molecule has 3 amide bonds. The Labute approximate surface area is 158 Å². The summed E-state index contributed by atoms with van der Waals surface area (Å²) in [5, 5.41) is 5.53. The van der Waals surface area contributed by atoms with Gasteiger partial charge in [-0.1, -0.05) is 31.2 Å². The second kappa shape index (κ2) is 8.49. The molecule has 1 aliphatic rings. The quantitative estimate of drug-likeness (QED) is 0.738. The van der Waals surface area contributed by atoms with E-state index in [1.807, 2.05) is 24.3 Å². The summed E-state index contributed by atoms with van der Waals surface area (Å²) in [5.41, 5.74) is 3.24. The topological polar surface area (TPSA) is 78.5 Å². The van der Waals surface area contributed by atoms with E-state index in [0.29, 0.717) is 24.3 Å². The number of anilines is 2. The van der Waals surface area contributed by atoms with E-state index < -0.39 is 0 Å². The lowest BCUT2D eigenvalue weighted by Crippen LogP contribution is -2.27. The van der Waals surface area contributed by atoms with Crippen LogP contribution in [0.5, 0.6) is 0 Å². The summed E-state index contributed by atoms with van der Waals surface area (Å²) in [4.78, 5) is 37.6. The van der Waals surface area contributed by atoms with Crippen LogP contribution in [0.1, 0.15) is 35.7 Å². The summed E-state index contributed by atoms with van der Waals surface area (Å²) in [7, 11) is 0. The number of nitrogens with zero attached hydrogens (tertiary/aromatic N) is 1. The van der Waals surface area contributed by atoms with Crippen molar-refractivity contribution in [1.29, 1.82) is 0 Å². The second-order valence-electron chi connectivity index (χ2n) is 6.45. The summed E-state index contributed by atoms with van der Waals surface area (Å²) in [6.07, 6.45) is 1.23. The van der Waals surface area contributed by atoms with E-state index in [0.717, 1.165) is 12.1 Å². The van der Waals surface area contributed by atoms with Gasteiger partial charge in [0.05, 0.1) is 0 Å². The van der Waals surface area contributed by atoms with E-state index in [4.69, 9.17) is 0 Å². The molecule has 0 spiro atoms. The first-order valence-electron chi connectivity index (χ1n) is 9.14. The Kier molecular flexibility index (Phi) is 5.86. The molecule has 2 N–H and O–H groups in total. The van der Waals surface area contributed by atoms with Crippen LogP contribution in [0.2, 0.25) is 0 Å². The number of hydrogen-bond acceptors (Lipinski definition) is 3. The maximum absolute atomic E-state index is 12.2. The Morgan fingerprint density at radius 1 is 1.04 bits per heavy atom. The van der Waals surface area contributed by atoms with Crippen LogP contribution in [-0.4, -0.2) is 30.8 Å². The van der Waals surface area contributed by atoms with Gasteiger partial charge in [0.2, 0.25) is 5.91 Å². The fourth-order valence-corrected chi connectivity index (χ4v) is 2.96. The summed E-state index contributed by atoms with van der Waals surface area (Å²) in [5.74, 6) is -0.247. The van der Waals surface area contributed by atoms with Crippen LogP contribution in [0.4, 0.5) is 16.2 Å². The molecule has 0 saturated carbocycles. The molecule has 1 aliphatic heterocycles. The number of urea groups is 1. The number of carbonyl (C=O) groups is 3. The zero-order chi connectivity index (χ0) is 19.2. The van der Waals surface area contributed by atoms with Crippen molar-refractivity contribution in [2.45, 2.75) is 26.2 Å². The molecule has 0 aromatic heterocycles. The molecule has 2 aromatic rings. The third-order valence-corrected chi connectivity index (χ3v) is 4.58. The van der Waals surface area contributed by atoms with Gasteiger partial charge in [-0.05, 0) is 36.2 Å². The number of ketones is 1. The molecule has 0 unspecified atom stereocenters. The second-order valence-corrected chi connectivity index (χ2v) is 6.45. The summed E-state index contributed by atoms with van der Waals surface area (Å²) in [6, 6.07) is 14.5. The summed E-state index contributed by atoms with van der Waals surface area (Å²) >= 11 is 0. The van der Waals surface area contributed by atoms with Crippen LogP contribution in [-0.2, 0) is 11.2 Å². The molecule has 3 rings (SSSR count). The van der Waals surface area contributed by atoms with Crippen LogP contribution < -0.4 is 15.5 Å². The van der Waals surface area contributed by atoms with Gasteiger partial charge in [-0.2, -0.15) is 0 Å². The lowest BCUT2D eigenvalue weighted by Gasteiger charge is -2.14. The maximum atomic E-state index is 12.2. The van der Waals surface area contributed by atoms with E-state index >= 15 is 0 Å². The molecule has 140 valence electrons. The first-order valence-corrected chi connectivity index (χ1v) is 9.14. The standard InChI is InChI=1S/C21H23N3O3/c1-2-15-3-5-16(6-4-15)19(25)11-12-20(26)23-17-7-9-18(10-8-17)24-14-13-22-21(24)27/h3-10H,2,11-14H2,1H3,(H,22,27)(H,23,26). The van der Waals surface area contributed by atoms with Gasteiger partial charge in [0.15, 0.2) is 5.78 Å². The van der Waals surface area contributed by atoms with Crippen LogP contribution in [0.25, 0.3) is 0 Å². The van der Waals surface area contributed by atoms with E-state index in [1.54, 1.807) is 29.2 Å². The molecule has 1 heterocycles. The average Bonchev–Trinajstić information content (AvgIpc) is 3.12. The van der Waals surface area contributed by atoms with Gasteiger partial charge in [-0.15, -0.1) is 0 Å². The van der Waals surface area contributed by atoms with Gasteiger partial charge < -0.3 is 10.6 Å². The Balaban J connectivity index is 1.50. The number of nitrogens with one attached hydrogen (secondary N) is 2. The predicted molar refractivity (Wildman–Crippen MR) is 105 cm³/mol. The Bertz CT molecular complexity index is 829. The van der Waals surface area contributed by atoms with Gasteiger partial charge in [0.1, 0.15) is 0 Å². The van der Waals surface area contributed by atoms with Crippen molar-refractivity contribution in [3.05, 3.63) is 59.7 Å². The SMILES string of the molecule is CCc1ccc(C(=O)CCC(=O)Nc2ccc(N3CCNC3=O)cc2)cc1. The number of amides is 3. The lowest BCUT2D eigenvalue weighted by atomic mass is 10.0. The molecule has 0 aliphatic carbocycles. The highest BCUT2D eigenvalue weighted by Gasteiger charge is 2.20. The van der Waals surface area contributed by atoms with Gasteiger partial charge in [0.25, 0.3) is 0 Å². The largest absolute Gasteiger partial charge is 0.336 e. The van der Waals surface area contributed by atoms with E-state index in [1.165, 1.54) is 5.56 Å². The van der Waals surface area contributed by atoms with Gasteiger partial charge >= 0.3 is 6.03 Å². The number of carbonyl (C=O) groups excluding carboxylic acids is 3. The molecule has 27 heavy (non-hydrogen) atoms. The molecule has 0 radical (unpaired) electrons. The molecule has 0 atom stereocenters. The number of rotatable bonds is 7. The minimum Gasteiger partial charge on any atom is -0.336 e. The molecule has 0 bridgehead atoms. The molecular formula is C21H23N3O3. The number of Topliss-reactive ketones (excluding diaryl/α,β-unsaturated/α-hetero) is 1. The monoisotopic (exact) mass is 365 g/mol. The van der Waals surface area contributed by atoms with Crippen LogP contribution in [0.15, 0.2) is 48.5 Å². The lowest BCUT2D eigenvalue weighted by molar-refractivity contribution is -0.116. The van der Waals surface area contributed by atoms with Crippen molar-refractivity contribution in [3.8, 4) is 0 Å². The zero-order valence-corrected chi connectivity index (χ0v) is 15.3. The molecule has 1 saturated heterocycles. The van der Waals surface area contributed by atoms with Gasteiger partial charge in [-0.3, -0.25) is 14.5 Å². The fraction of sp³-hybridized carbons (Fsp3) is 0.286. The minimum absolute atomic E-state index is 0.0387. The third kappa shape index (κ3) is 4.73.